The standard InChI is InChI=1S/C14H20N2S/c1-3-9-16-13(11-15)8-10-17-14-6-4-12(2)5-7-14/h4-7,13,16H,3,8-10H2,1-2H3. The van der Waals surface area contributed by atoms with Crippen LogP contribution in [0.25, 0.3) is 0 Å². The lowest BCUT2D eigenvalue weighted by Crippen LogP contribution is -2.28. The number of nitrogens with one attached hydrogen (secondary N) is 1. The maximum atomic E-state index is 8.96. The van der Waals surface area contributed by atoms with Crippen LogP contribution in [0, 0.1) is 18.3 Å². The molecule has 0 spiro atoms. The van der Waals surface area contributed by atoms with E-state index in [9.17, 15) is 0 Å². The van der Waals surface area contributed by atoms with Crippen LogP contribution in [0.3, 0.4) is 0 Å². The summed E-state index contributed by atoms with van der Waals surface area (Å²) in [6.45, 7) is 5.13. The van der Waals surface area contributed by atoms with Gasteiger partial charge in [-0.15, -0.1) is 11.8 Å². The summed E-state index contributed by atoms with van der Waals surface area (Å²) in [6, 6.07) is 10.8. The monoisotopic (exact) mass is 248 g/mol. The summed E-state index contributed by atoms with van der Waals surface area (Å²) in [5.74, 6) is 0.984. The van der Waals surface area contributed by atoms with Crippen LogP contribution < -0.4 is 5.32 Å². The van der Waals surface area contributed by atoms with Crippen molar-refractivity contribution in [3.8, 4) is 6.07 Å². The number of nitrogens with zero attached hydrogens (tertiary/aromatic N) is 1. The molecule has 17 heavy (non-hydrogen) atoms. The molecule has 0 fully saturated rings. The third kappa shape index (κ3) is 5.76. The SMILES string of the molecule is CCCNC(C#N)CCSc1ccc(C)cc1. The summed E-state index contributed by atoms with van der Waals surface area (Å²) in [7, 11) is 0. The van der Waals surface area contributed by atoms with Gasteiger partial charge in [0, 0.05) is 10.6 Å². The molecule has 3 heteroatoms. The van der Waals surface area contributed by atoms with Crippen molar-refractivity contribution in [2.75, 3.05) is 12.3 Å². The summed E-state index contributed by atoms with van der Waals surface area (Å²) in [6.07, 6.45) is 1.97. The molecule has 1 aromatic carbocycles. The van der Waals surface area contributed by atoms with Crippen LogP contribution >= 0.6 is 11.8 Å². The first kappa shape index (κ1) is 14.1. The molecule has 1 N–H and O–H groups in total. The highest BCUT2D eigenvalue weighted by molar-refractivity contribution is 7.99. The van der Waals surface area contributed by atoms with E-state index >= 15 is 0 Å². The van der Waals surface area contributed by atoms with Crippen molar-refractivity contribution in [3.63, 3.8) is 0 Å². The van der Waals surface area contributed by atoms with Gasteiger partial charge in [0.1, 0.15) is 0 Å². The molecule has 0 saturated heterocycles. The van der Waals surface area contributed by atoms with Gasteiger partial charge in [0.15, 0.2) is 0 Å². The summed E-state index contributed by atoms with van der Waals surface area (Å²) in [4.78, 5) is 1.28. The first-order valence-electron chi connectivity index (χ1n) is 6.08. The average Bonchev–Trinajstić information content (AvgIpc) is 2.36. The number of benzene rings is 1. The number of hydrogen-bond donors (Lipinski definition) is 1. The van der Waals surface area contributed by atoms with E-state index in [0.29, 0.717) is 0 Å². The zero-order valence-corrected chi connectivity index (χ0v) is 11.4. The summed E-state index contributed by atoms with van der Waals surface area (Å²) in [5.41, 5.74) is 1.29. The predicted molar refractivity (Wildman–Crippen MR) is 74.2 cm³/mol. The second-order valence-corrected chi connectivity index (χ2v) is 5.25. The molecule has 0 radical (unpaired) electrons. The fourth-order valence-corrected chi connectivity index (χ4v) is 2.38. The van der Waals surface area contributed by atoms with Crippen molar-refractivity contribution in [1.29, 1.82) is 5.26 Å². The van der Waals surface area contributed by atoms with E-state index in [1.165, 1.54) is 10.5 Å². The van der Waals surface area contributed by atoms with Gasteiger partial charge >= 0.3 is 0 Å². The van der Waals surface area contributed by atoms with Gasteiger partial charge < -0.3 is 5.32 Å². The van der Waals surface area contributed by atoms with E-state index in [4.69, 9.17) is 5.26 Å². The molecule has 1 atom stereocenters. The second kappa shape index (κ2) is 8.16. The van der Waals surface area contributed by atoms with Gasteiger partial charge in [0.2, 0.25) is 0 Å². The van der Waals surface area contributed by atoms with Crippen molar-refractivity contribution in [3.05, 3.63) is 29.8 Å². The van der Waals surface area contributed by atoms with Crippen LogP contribution in [0.1, 0.15) is 25.3 Å². The van der Waals surface area contributed by atoms with Gasteiger partial charge in [-0.2, -0.15) is 5.26 Å². The van der Waals surface area contributed by atoms with Crippen LogP contribution in [0.5, 0.6) is 0 Å². The Labute approximate surface area is 108 Å². The lowest BCUT2D eigenvalue weighted by molar-refractivity contribution is 0.585. The van der Waals surface area contributed by atoms with Crippen LogP contribution in [-0.4, -0.2) is 18.3 Å². The summed E-state index contributed by atoms with van der Waals surface area (Å²) in [5, 5.41) is 12.2. The molecular formula is C14H20N2S. The third-order valence-corrected chi connectivity index (χ3v) is 3.54. The summed E-state index contributed by atoms with van der Waals surface area (Å²) < 4.78 is 0. The fraction of sp³-hybridized carbons (Fsp3) is 0.500. The molecule has 0 saturated carbocycles. The Kier molecular flexibility index (Phi) is 6.76. The van der Waals surface area contributed by atoms with E-state index in [2.05, 4.69) is 49.5 Å². The van der Waals surface area contributed by atoms with Crippen molar-refractivity contribution in [1.82, 2.24) is 5.32 Å². The molecule has 0 aliphatic heterocycles. The highest BCUT2D eigenvalue weighted by atomic mass is 32.2. The van der Waals surface area contributed by atoms with Crippen molar-refractivity contribution in [2.24, 2.45) is 0 Å². The van der Waals surface area contributed by atoms with Crippen LogP contribution in [0.4, 0.5) is 0 Å². The minimum Gasteiger partial charge on any atom is -0.302 e. The van der Waals surface area contributed by atoms with Crippen LogP contribution in [-0.2, 0) is 0 Å². The molecule has 0 amide bonds. The number of thioether (sulfide) groups is 1. The normalized spacial score (nSPS) is 12.1. The zero-order valence-electron chi connectivity index (χ0n) is 10.6. The van der Waals surface area contributed by atoms with Crippen molar-refractivity contribution >= 4 is 11.8 Å². The van der Waals surface area contributed by atoms with Gasteiger partial charge in [0.05, 0.1) is 12.1 Å². The number of rotatable bonds is 7. The smallest absolute Gasteiger partial charge is 0.0961 e. The molecule has 92 valence electrons. The second-order valence-electron chi connectivity index (χ2n) is 4.09. The highest BCUT2D eigenvalue weighted by Crippen LogP contribution is 2.19. The molecule has 0 aliphatic rings. The van der Waals surface area contributed by atoms with Gasteiger partial charge in [-0.3, -0.25) is 0 Å². The Balaban J connectivity index is 2.26. The Morgan fingerprint density at radius 1 is 1.35 bits per heavy atom. The molecule has 2 nitrogen and oxygen atoms in total. The van der Waals surface area contributed by atoms with Gasteiger partial charge in [-0.25, -0.2) is 0 Å². The first-order valence-corrected chi connectivity index (χ1v) is 7.07. The molecular weight excluding hydrogens is 228 g/mol. The maximum absolute atomic E-state index is 8.96. The third-order valence-electron chi connectivity index (χ3n) is 2.49. The van der Waals surface area contributed by atoms with Crippen LogP contribution in [0.2, 0.25) is 0 Å². The zero-order chi connectivity index (χ0) is 12.5. The molecule has 0 aromatic heterocycles. The lowest BCUT2D eigenvalue weighted by Gasteiger charge is -2.10. The molecule has 0 aliphatic carbocycles. The lowest BCUT2D eigenvalue weighted by atomic mass is 10.2. The van der Waals surface area contributed by atoms with Crippen molar-refractivity contribution in [2.45, 2.75) is 37.6 Å². The minimum atomic E-state index is -0.00658. The van der Waals surface area contributed by atoms with Crippen molar-refractivity contribution < 1.29 is 0 Å². The Hall–Kier alpha value is -0.980. The number of hydrogen-bond acceptors (Lipinski definition) is 3. The Morgan fingerprint density at radius 2 is 2.06 bits per heavy atom. The van der Waals surface area contributed by atoms with E-state index in [-0.39, 0.29) is 6.04 Å². The topological polar surface area (TPSA) is 35.8 Å². The predicted octanol–water partition coefficient (Wildman–Crippen LogP) is 3.37. The van der Waals surface area contributed by atoms with Crippen LogP contribution in [0.15, 0.2) is 29.2 Å². The highest BCUT2D eigenvalue weighted by Gasteiger charge is 2.05. The molecule has 1 aromatic rings. The van der Waals surface area contributed by atoms with E-state index in [1.54, 1.807) is 0 Å². The van der Waals surface area contributed by atoms with Gasteiger partial charge in [-0.1, -0.05) is 24.6 Å². The Morgan fingerprint density at radius 3 is 2.65 bits per heavy atom. The van der Waals surface area contributed by atoms with E-state index in [0.717, 1.165) is 25.1 Å². The van der Waals surface area contributed by atoms with Gasteiger partial charge in [0.25, 0.3) is 0 Å². The molecule has 0 heterocycles. The molecule has 0 bridgehead atoms. The Bertz CT molecular complexity index is 353. The minimum absolute atomic E-state index is 0.00658. The fourth-order valence-electron chi connectivity index (χ4n) is 1.46. The molecule has 1 rings (SSSR count). The average molecular weight is 248 g/mol. The number of nitriles is 1. The molecule has 1 unspecified atom stereocenters. The van der Waals surface area contributed by atoms with Gasteiger partial charge in [-0.05, 0) is 38.4 Å². The maximum Gasteiger partial charge on any atom is 0.0961 e. The number of aryl methyl sites for hydroxylation is 1. The van der Waals surface area contributed by atoms with E-state index < -0.39 is 0 Å². The summed E-state index contributed by atoms with van der Waals surface area (Å²) >= 11 is 1.82. The quantitative estimate of drug-likeness (QED) is 0.752. The largest absolute Gasteiger partial charge is 0.302 e. The first-order chi connectivity index (χ1) is 8.26. The van der Waals surface area contributed by atoms with E-state index in [1.807, 2.05) is 11.8 Å².